The van der Waals surface area contributed by atoms with Crippen molar-refractivity contribution in [3.63, 3.8) is 0 Å². The second-order valence-corrected chi connectivity index (χ2v) is 8.82. The molecule has 0 amide bonds. The molecule has 0 spiro atoms. The molecule has 1 fully saturated rings. The lowest BCUT2D eigenvalue weighted by atomic mass is 9.97. The van der Waals surface area contributed by atoms with E-state index in [0.717, 1.165) is 38.5 Å². The summed E-state index contributed by atoms with van der Waals surface area (Å²) in [7, 11) is 0. The zero-order valence-corrected chi connectivity index (χ0v) is 16.8. The summed E-state index contributed by atoms with van der Waals surface area (Å²) < 4.78 is 0. The van der Waals surface area contributed by atoms with E-state index in [2.05, 4.69) is 40.1 Å². The maximum absolute atomic E-state index is 4.92. The van der Waals surface area contributed by atoms with E-state index in [1.54, 1.807) is 10.4 Å². The first kappa shape index (κ1) is 17.1. The van der Waals surface area contributed by atoms with Crippen LogP contribution in [0.1, 0.15) is 34.7 Å². The number of anilines is 1. The average Bonchev–Trinajstić information content (AvgIpc) is 3.07. The van der Waals surface area contributed by atoms with E-state index in [4.69, 9.17) is 9.97 Å². The zero-order chi connectivity index (χ0) is 18.2. The molecule has 4 nitrogen and oxygen atoms in total. The third-order valence-corrected chi connectivity index (χ3v) is 7.01. The van der Waals surface area contributed by atoms with Crippen LogP contribution in [-0.4, -0.2) is 41.0 Å². The van der Waals surface area contributed by atoms with E-state index < -0.39 is 0 Å². The van der Waals surface area contributed by atoms with E-state index in [1.165, 1.54) is 47.3 Å². The molecular weight excluding hydrogens is 352 g/mol. The summed E-state index contributed by atoms with van der Waals surface area (Å²) in [5, 5.41) is 1.36. The molecule has 1 aliphatic heterocycles. The van der Waals surface area contributed by atoms with Gasteiger partial charge in [-0.1, -0.05) is 30.3 Å². The molecule has 5 rings (SSSR count). The predicted molar refractivity (Wildman–Crippen MR) is 113 cm³/mol. The van der Waals surface area contributed by atoms with Gasteiger partial charge in [0.05, 0.1) is 5.39 Å². The second-order valence-electron chi connectivity index (χ2n) is 7.73. The van der Waals surface area contributed by atoms with Crippen LogP contribution in [0.25, 0.3) is 10.2 Å². The lowest BCUT2D eigenvalue weighted by Gasteiger charge is -2.36. The van der Waals surface area contributed by atoms with Crippen LogP contribution in [0.2, 0.25) is 0 Å². The van der Waals surface area contributed by atoms with Gasteiger partial charge in [0.2, 0.25) is 0 Å². The van der Waals surface area contributed by atoms with Crippen molar-refractivity contribution >= 4 is 27.4 Å². The Morgan fingerprint density at radius 1 is 0.963 bits per heavy atom. The Morgan fingerprint density at radius 3 is 2.56 bits per heavy atom. The number of thiophene rings is 1. The highest BCUT2D eigenvalue weighted by molar-refractivity contribution is 7.19. The first-order chi connectivity index (χ1) is 13.3. The smallest absolute Gasteiger partial charge is 0.141 e. The molecule has 2 aromatic heterocycles. The summed E-state index contributed by atoms with van der Waals surface area (Å²) in [4.78, 5) is 17.5. The van der Waals surface area contributed by atoms with Gasteiger partial charge >= 0.3 is 0 Å². The molecule has 3 heterocycles. The van der Waals surface area contributed by atoms with Crippen molar-refractivity contribution in [1.82, 2.24) is 14.9 Å². The fraction of sp³-hybridized carbons (Fsp3) is 0.455. The van der Waals surface area contributed by atoms with Crippen LogP contribution in [0.4, 0.5) is 5.82 Å². The minimum Gasteiger partial charge on any atom is -0.353 e. The molecule has 140 valence electrons. The van der Waals surface area contributed by atoms with E-state index >= 15 is 0 Å². The minimum atomic E-state index is 0.905. The first-order valence-corrected chi connectivity index (χ1v) is 10.9. The van der Waals surface area contributed by atoms with Crippen LogP contribution < -0.4 is 4.90 Å². The van der Waals surface area contributed by atoms with Gasteiger partial charge in [-0.05, 0) is 43.7 Å². The lowest BCUT2D eigenvalue weighted by Crippen LogP contribution is -2.46. The molecule has 0 radical (unpaired) electrons. The van der Waals surface area contributed by atoms with E-state index in [9.17, 15) is 0 Å². The highest BCUT2D eigenvalue weighted by Crippen LogP contribution is 2.39. The Kier molecular flexibility index (Phi) is 4.58. The Bertz CT molecular complexity index is 942. The third-order valence-electron chi connectivity index (χ3n) is 5.83. The van der Waals surface area contributed by atoms with Crippen molar-refractivity contribution in [2.75, 3.05) is 31.1 Å². The Labute approximate surface area is 164 Å². The van der Waals surface area contributed by atoms with Crippen LogP contribution in [0.15, 0.2) is 30.3 Å². The number of fused-ring (bicyclic) bond motifs is 3. The highest BCUT2D eigenvalue weighted by atomic mass is 32.1. The van der Waals surface area contributed by atoms with Crippen LogP contribution >= 0.6 is 11.3 Å². The molecule has 3 aromatic rings. The van der Waals surface area contributed by atoms with Crippen molar-refractivity contribution in [3.05, 3.63) is 52.2 Å². The zero-order valence-electron chi connectivity index (χ0n) is 15.9. The summed E-state index contributed by atoms with van der Waals surface area (Å²) in [6.07, 6.45) is 5.04. The molecular formula is C22H26N4S. The van der Waals surface area contributed by atoms with Crippen LogP contribution in [0.3, 0.4) is 0 Å². The van der Waals surface area contributed by atoms with Crippen molar-refractivity contribution in [2.24, 2.45) is 0 Å². The normalized spacial score (nSPS) is 18.0. The maximum atomic E-state index is 4.92. The molecule has 27 heavy (non-hydrogen) atoms. The molecule has 0 unspecified atom stereocenters. The van der Waals surface area contributed by atoms with Gasteiger partial charge in [0.25, 0.3) is 0 Å². The van der Waals surface area contributed by atoms with Crippen LogP contribution in [0, 0.1) is 6.92 Å². The monoisotopic (exact) mass is 378 g/mol. The van der Waals surface area contributed by atoms with E-state index in [-0.39, 0.29) is 0 Å². The van der Waals surface area contributed by atoms with Gasteiger partial charge in [-0.15, -0.1) is 11.3 Å². The molecule has 1 aliphatic carbocycles. The van der Waals surface area contributed by atoms with Gasteiger partial charge in [-0.3, -0.25) is 4.90 Å². The summed E-state index contributed by atoms with van der Waals surface area (Å²) >= 11 is 1.91. The molecule has 0 N–H and O–H groups in total. The number of hydrogen-bond acceptors (Lipinski definition) is 5. The quantitative estimate of drug-likeness (QED) is 0.684. The van der Waals surface area contributed by atoms with Crippen molar-refractivity contribution < 1.29 is 0 Å². The largest absolute Gasteiger partial charge is 0.353 e. The van der Waals surface area contributed by atoms with Gasteiger partial charge in [0.1, 0.15) is 16.5 Å². The van der Waals surface area contributed by atoms with Gasteiger partial charge < -0.3 is 4.90 Å². The van der Waals surface area contributed by atoms with Gasteiger partial charge in [0, 0.05) is 37.6 Å². The van der Waals surface area contributed by atoms with Crippen molar-refractivity contribution in [3.8, 4) is 0 Å². The van der Waals surface area contributed by atoms with Gasteiger partial charge in [-0.25, -0.2) is 9.97 Å². The molecule has 1 saturated heterocycles. The van der Waals surface area contributed by atoms with E-state index in [0.29, 0.717) is 0 Å². The SMILES string of the molecule is Cc1nc(N2CCN(Cc3ccccc3)CC2)c2c3c(sc2n1)CCCC3. The Morgan fingerprint density at radius 2 is 1.74 bits per heavy atom. The molecule has 1 aromatic carbocycles. The minimum absolute atomic E-state index is 0.905. The van der Waals surface area contributed by atoms with E-state index in [1.807, 2.05) is 18.3 Å². The summed E-state index contributed by atoms with van der Waals surface area (Å²) in [6.45, 7) is 7.34. The maximum Gasteiger partial charge on any atom is 0.141 e. The summed E-state index contributed by atoms with van der Waals surface area (Å²) in [6, 6.07) is 10.8. The average molecular weight is 379 g/mol. The molecule has 0 atom stereocenters. The van der Waals surface area contributed by atoms with Crippen molar-refractivity contribution in [1.29, 1.82) is 0 Å². The number of rotatable bonds is 3. The number of aryl methyl sites for hydroxylation is 3. The molecule has 5 heteroatoms. The highest BCUT2D eigenvalue weighted by Gasteiger charge is 2.25. The number of aromatic nitrogens is 2. The van der Waals surface area contributed by atoms with Crippen LogP contribution in [-0.2, 0) is 19.4 Å². The number of hydrogen-bond donors (Lipinski definition) is 0. The number of piperazine rings is 1. The summed E-state index contributed by atoms with van der Waals surface area (Å²) in [5.41, 5.74) is 2.95. The lowest BCUT2D eigenvalue weighted by molar-refractivity contribution is 0.249. The number of nitrogens with zero attached hydrogens (tertiary/aromatic N) is 4. The summed E-state index contributed by atoms with van der Waals surface area (Å²) in [5.74, 6) is 2.10. The Hall–Kier alpha value is -1.98. The Balaban J connectivity index is 1.39. The fourth-order valence-electron chi connectivity index (χ4n) is 4.43. The topological polar surface area (TPSA) is 32.3 Å². The fourth-order valence-corrected chi connectivity index (χ4v) is 5.73. The van der Waals surface area contributed by atoms with Gasteiger partial charge in [-0.2, -0.15) is 0 Å². The number of benzene rings is 1. The standard InChI is InChI=1S/C22H26N4S/c1-16-23-21(20-18-9-5-6-10-19(18)27-22(20)24-16)26-13-11-25(12-14-26)15-17-7-3-2-4-8-17/h2-4,7-8H,5-6,9-15H2,1H3. The molecule has 0 saturated carbocycles. The third kappa shape index (κ3) is 3.34. The first-order valence-electron chi connectivity index (χ1n) is 10.1. The predicted octanol–water partition coefficient (Wildman–Crippen LogP) is 4.20. The molecule has 0 bridgehead atoms. The second kappa shape index (κ2) is 7.21. The van der Waals surface area contributed by atoms with Crippen molar-refractivity contribution in [2.45, 2.75) is 39.2 Å². The van der Waals surface area contributed by atoms with Gasteiger partial charge in [0.15, 0.2) is 0 Å². The van der Waals surface area contributed by atoms with Crippen LogP contribution in [0.5, 0.6) is 0 Å². The molecule has 2 aliphatic rings.